The smallest absolute Gasteiger partial charge is 0.258 e. The van der Waals surface area contributed by atoms with Crippen molar-refractivity contribution in [3.05, 3.63) is 42.2 Å². The number of unbranched alkanes of at least 4 members (excludes halogenated alkanes) is 1. The first-order valence-corrected chi connectivity index (χ1v) is 9.28. The van der Waals surface area contributed by atoms with Crippen LogP contribution in [-0.2, 0) is 0 Å². The van der Waals surface area contributed by atoms with Gasteiger partial charge >= 0.3 is 0 Å². The molecule has 1 heterocycles. The average molecular weight is 355 g/mol. The second-order valence-corrected chi connectivity index (χ2v) is 6.22. The Morgan fingerprint density at radius 3 is 2.19 bits per heavy atom. The minimum Gasteiger partial charge on any atom is -0.372 e. The van der Waals surface area contributed by atoms with E-state index in [1.807, 2.05) is 36.2 Å². The summed E-state index contributed by atoms with van der Waals surface area (Å²) < 4.78 is 0. The molecule has 0 fully saturated rings. The first kappa shape index (κ1) is 19.7. The highest BCUT2D eigenvalue weighted by molar-refractivity contribution is 6.03. The highest BCUT2D eigenvalue weighted by atomic mass is 16.1. The summed E-state index contributed by atoms with van der Waals surface area (Å²) in [4.78, 5) is 25.2. The van der Waals surface area contributed by atoms with Gasteiger partial charge in [-0.05, 0) is 44.5 Å². The van der Waals surface area contributed by atoms with Gasteiger partial charge in [-0.2, -0.15) is 0 Å². The number of benzene rings is 1. The number of nitrogens with zero attached hydrogens (tertiary/aromatic N) is 4. The molecule has 0 spiro atoms. The lowest BCUT2D eigenvalue weighted by Gasteiger charge is -2.21. The molecule has 2 aromatic rings. The largest absolute Gasteiger partial charge is 0.372 e. The first-order chi connectivity index (χ1) is 12.6. The molecule has 140 valence electrons. The van der Waals surface area contributed by atoms with Gasteiger partial charge in [0.25, 0.3) is 5.91 Å². The zero-order chi connectivity index (χ0) is 18.9. The number of carbonyl (C=O) groups excluding carboxylic acids is 1. The maximum absolute atomic E-state index is 12.4. The van der Waals surface area contributed by atoms with E-state index < -0.39 is 0 Å². The van der Waals surface area contributed by atoms with E-state index in [0.29, 0.717) is 11.5 Å². The van der Waals surface area contributed by atoms with Crippen LogP contribution in [0, 0.1) is 0 Å². The van der Waals surface area contributed by atoms with Crippen molar-refractivity contribution >= 4 is 23.2 Å². The number of aromatic nitrogens is 2. The van der Waals surface area contributed by atoms with Crippen molar-refractivity contribution in [2.45, 2.75) is 33.6 Å². The Morgan fingerprint density at radius 2 is 1.65 bits per heavy atom. The van der Waals surface area contributed by atoms with Crippen molar-refractivity contribution in [1.29, 1.82) is 0 Å². The Balaban J connectivity index is 1.99. The third-order valence-corrected chi connectivity index (χ3v) is 4.34. The molecular weight excluding hydrogens is 326 g/mol. The normalized spacial score (nSPS) is 10.5. The number of anilines is 3. The van der Waals surface area contributed by atoms with Crippen molar-refractivity contribution in [3.63, 3.8) is 0 Å². The van der Waals surface area contributed by atoms with Crippen LogP contribution in [0.3, 0.4) is 0 Å². The van der Waals surface area contributed by atoms with Gasteiger partial charge in [0.2, 0.25) is 5.95 Å². The summed E-state index contributed by atoms with van der Waals surface area (Å²) in [6.07, 6.45) is 5.36. The predicted molar refractivity (Wildman–Crippen MR) is 108 cm³/mol. The van der Waals surface area contributed by atoms with Crippen LogP contribution in [0.1, 0.15) is 44.0 Å². The number of amides is 1. The van der Waals surface area contributed by atoms with Crippen LogP contribution in [0.5, 0.6) is 0 Å². The fourth-order valence-electron chi connectivity index (χ4n) is 2.68. The van der Waals surface area contributed by atoms with E-state index in [1.165, 1.54) is 0 Å². The SMILES string of the molecule is CCCCN(C)c1ncc(C(=O)Nc2ccc(N(CC)CC)cc2)cn1. The van der Waals surface area contributed by atoms with Gasteiger partial charge in [0.1, 0.15) is 0 Å². The van der Waals surface area contributed by atoms with Gasteiger partial charge in [-0.1, -0.05) is 13.3 Å². The average Bonchev–Trinajstić information content (AvgIpc) is 2.68. The fraction of sp³-hybridized carbons (Fsp3) is 0.450. The van der Waals surface area contributed by atoms with Crippen molar-refractivity contribution in [3.8, 4) is 0 Å². The van der Waals surface area contributed by atoms with E-state index in [2.05, 4.69) is 41.0 Å². The standard InChI is InChI=1S/C20H29N5O/c1-5-8-13-24(4)20-21-14-16(15-22-20)19(26)23-17-9-11-18(12-10-17)25(6-2)7-3/h9-12,14-15H,5-8,13H2,1-4H3,(H,23,26). The van der Waals surface area contributed by atoms with Crippen LogP contribution < -0.4 is 15.1 Å². The van der Waals surface area contributed by atoms with E-state index in [4.69, 9.17) is 0 Å². The number of hydrogen-bond acceptors (Lipinski definition) is 5. The monoisotopic (exact) mass is 355 g/mol. The minimum atomic E-state index is -0.205. The molecule has 0 radical (unpaired) electrons. The number of rotatable bonds is 9. The summed E-state index contributed by atoms with van der Waals surface area (Å²) in [7, 11) is 1.96. The molecule has 0 atom stereocenters. The topological polar surface area (TPSA) is 61.4 Å². The van der Waals surface area contributed by atoms with Crippen molar-refractivity contribution in [1.82, 2.24) is 9.97 Å². The maximum Gasteiger partial charge on any atom is 0.258 e. The second-order valence-electron chi connectivity index (χ2n) is 6.22. The summed E-state index contributed by atoms with van der Waals surface area (Å²) in [6.45, 7) is 9.22. The van der Waals surface area contributed by atoms with E-state index in [-0.39, 0.29) is 5.91 Å². The lowest BCUT2D eigenvalue weighted by atomic mass is 10.2. The van der Waals surface area contributed by atoms with Crippen LogP contribution in [0.4, 0.5) is 17.3 Å². The summed E-state index contributed by atoms with van der Waals surface area (Å²) in [5, 5.41) is 2.89. The quantitative estimate of drug-likeness (QED) is 0.741. The maximum atomic E-state index is 12.4. The number of nitrogens with one attached hydrogen (secondary N) is 1. The second kappa shape index (κ2) is 9.75. The Kier molecular flexibility index (Phi) is 7.38. The van der Waals surface area contributed by atoms with E-state index in [9.17, 15) is 4.79 Å². The highest BCUT2D eigenvalue weighted by Gasteiger charge is 2.10. The molecule has 26 heavy (non-hydrogen) atoms. The van der Waals surface area contributed by atoms with Gasteiger partial charge in [0, 0.05) is 50.5 Å². The van der Waals surface area contributed by atoms with Gasteiger partial charge < -0.3 is 15.1 Å². The van der Waals surface area contributed by atoms with E-state index in [0.717, 1.165) is 43.9 Å². The third kappa shape index (κ3) is 5.18. The molecule has 6 heteroatoms. The Hall–Kier alpha value is -2.63. The highest BCUT2D eigenvalue weighted by Crippen LogP contribution is 2.18. The summed E-state index contributed by atoms with van der Waals surface area (Å²) in [6, 6.07) is 7.87. The number of carbonyl (C=O) groups is 1. The van der Waals surface area contributed by atoms with Gasteiger partial charge in [0.15, 0.2) is 0 Å². The van der Waals surface area contributed by atoms with Crippen LogP contribution in [0.25, 0.3) is 0 Å². The molecule has 1 amide bonds. The Labute approximate surface area is 156 Å². The molecule has 1 N–H and O–H groups in total. The zero-order valence-electron chi connectivity index (χ0n) is 16.2. The van der Waals surface area contributed by atoms with Crippen LogP contribution in [-0.4, -0.2) is 42.6 Å². The minimum absolute atomic E-state index is 0.205. The third-order valence-electron chi connectivity index (χ3n) is 4.34. The molecule has 0 aliphatic heterocycles. The Morgan fingerprint density at radius 1 is 1.04 bits per heavy atom. The first-order valence-electron chi connectivity index (χ1n) is 9.28. The summed E-state index contributed by atoms with van der Waals surface area (Å²) in [5.74, 6) is 0.432. The van der Waals surface area contributed by atoms with Gasteiger partial charge in [-0.25, -0.2) is 9.97 Å². The van der Waals surface area contributed by atoms with Crippen LogP contribution in [0.15, 0.2) is 36.7 Å². The van der Waals surface area contributed by atoms with Crippen LogP contribution in [0.2, 0.25) is 0 Å². The van der Waals surface area contributed by atoms with Crippen molar-refractivity contribution < 1.29 is 4.79 Å². The van der Waals surface area contributed by atoms with Gasteiger partial charge in [-0.15, -0.1) is 0 Å². The molecule has 2 rings (SSSR count). The molecular formula is C20H29N5O. The van der Waals surface area contributed by atoms with E-state index >= 15 is 0 Å². The lowest BCUT2D eigenvalue weighted by Crippen LogP contribution is -2.22. The summed E-state index contributed by atoms with van der Waals surface area (Å²) in [5.41, 5.74) is 2.36. The molecule has 1 aromatic heterocycles. The predicted octanol–water partition coefficient (Wildman–Crippen LogP) is 3.81. The molecule has 1 aromatic carbocycles. The molecule has 0 aliphatic carbocycles. The zero-order valence-corrected chi connectivity index (χ0v) is 16.2. The van der Waals surface area contributed by atoms with E-state index in [1.54, 1.807) is 12.4 Å². The molecule has 6 nitrogen and oxygen atoms in total. The molecule has 0 aliphatic rings. The van der Waals surface area contributed by atoms with Crippen molar-refractivity contribution in [2.75, 3.05) is 41.8 Å². The fourth-order valence-corrected chi connectivity index (χ4v) is 2.68. The van der Waals surface area contributed by atoms with Crippen molar-refractivity contribution in [2.24, 2.45) is 0 Å². The number of hydrogen-bond donors (Lipinski definition) is 1. The molecule has 0 saturated heterocycles. The Bertz CT molecular complexity index is 680. The summed E-state index contributed by atoms with van der Waals surface area (Å²) >= 11 is 0. The molecule has 0 bridgehead atoms. The molecule has 0 saturated carbocycles. The lowest BCUT2D eigenvalue weighted by molar-refractivity contribution is 0.102. The molecule has 0 unspecified atom stereocenters. The van der Waals surface area contributed by atoms with Gasteiger partial charge in [-0.3, -0.25) is 4.79 Å². The van der Waals surface area contributed by atoms with Gasteiger partial charge in [0.05, 0.1) is 5.56 Å². The van der Waals surface area contributed by atoms with Crippen LogP contribution >= 0.6 is 0 Å².